The van der Waals surface area contributed by atoms with E-state index in [1.807, 2.05) is 0 Å². The van der Waals surface area contributed by atoms with Crippen LogP contribution in [0.5, 0.6) is 0 Å². The molecule has 6 nitrogen and oxygen atoms in total. The van der Waals surface area contributed by atoms with Gasteiger partial charge in [0.1, 0.15) is 5.52 Å². The van der Waals surface area contributed by atoms with Crippen molar-refractivity contribution in [3.63, 3.8) is 0 Å². The van der Waals surface area contributed by atoms with Gasteiger partial charge in [-0.2, -0.15) is 0 Å². The monoisotopic (exact) mass is 287 g/mol. The Morgan fingerprint density at radius 1 is 1.38 bits per heavy atom. The van der Waals surface area contributed by atoms with Crippen molar-refractivity contribution in [2.24, 2.45) is 0 Å². The van der Waals surface area contributed by atoms with E-state index < -0.39 is 4.92 Å². The molecule has 0 saturated heterocycles. The van der Waals surface area contributed by atoms with Crippen LogP contribution in [0.15, 0.2) is 43.1 Å². The van der Waals surface area contributed by atoms with E-state index in [0.717, 1.165) is 12.1 Å². The van der Waals surface area contributed by atoms with Crippen molar-refractivity contribution >= 4 is 22.3 Å². The van der Waals surface area contributed by atoms with Gasteiger partial charge in [-0.3, -0.25) is 15.1 Å². The summed E-state index contributed by atoms with van der Waals surface area (Å²) in [4.78, 5) is 14.9. The zero-order valence-electron chi connectivity index (χ0n) is 11.6. The molecule has 1 heterocycles. The number of nitro groups is 1. The molecule has 0 radical (unpaired) electrons. The standard InChI is InChI=1S/C15H17N3O3/c1-2-3-10-21-11-9-16-13-6-7-14(18(19)20)12-5-4-8-17-15(12)13/h2,4-8,16H,1,3,9-11H2. The maximum atomic E-state index is 11.0. The number of rotatable bonds is 8. The van der Waals surface area contributed by atoms with Gasteiger partial charge < -0.3 is 10.1 Å². The van der Waals surface area contributed by atoms with Crippen LogP contribution >= 0.6 is 0 Å². The van der Waals surface area contributed by atoms with Crippen molar-refractivity contribution in [3.8, 4) is 0 Å². The van der Waals surface area contributed by atoms with Gasteiger partial charge in [0.2, 0.25) is 0 Å². The highest BCUT2D eigenvalue weighted by molar-refractivity contribution is 5.96. The molecule has 2 aromatic rings. The number of anilines is 1. The van der Waals surface area contributed by atoms with E-state index in [1.165, 1.54) is 6.07 Å². The topological polar surface area (TPSA) is 77.3 Å². The minimum atomic E-state index is -0.397. The number of nitrogens with zero attached hydrogens (tertiary/aromatic N) is 2. The van der Waals surface area contributed by atoms with Crippen LogP contribution in [0.1, 0.15) is 6.42 Å². The van der Waals surface area contributed by atoms with Crippen LogP contribution in [0.4, 0.5) is 11.4 Å². The van der Waals surface area contributed by atoms with Crippen LogP contribution < -0.4 is 5.32 Å². The first kappa shape index (κ1) is 14.9. The lowest BCUT2D eigenvalue weighted by atomic mass is 10.1. The Morgan fingerprint density at radius 2 is 2.24 bits per heavy atom. The fourth-order valence-corrected chi connectivity index (χ4v) is 1.99. The van der Waals surface area contributed by atoms with Gasteiger partial charge >= 0.3 is 0 Å². The van der Waals surface area contributed by atoms with Crippen LogP contribution in [0.2, 0.25) is 0 Å². The molecule has 1 N–H and O–H groups in total. The largest absolute Gasteiger partial charge is 0.381 e. The van der Waals surface area contributed by atoms with Crippen molar-refractivity contribution in [3.05, 3.63) is 53.2 Å². The van der Waals surface area contributed by atoms with E-state index in [1.54, 1.807) is 30.5 Å². The normalized spacial score (nSPS) is 10.5. The number of hydrogen-bond acceptors (Lipinski definition) is 5. The second-order valence-corrected chi connectivity index (χ2v) is 4.41. The Morgan fingerprint density at radius 3 is 3.00 bits per heavy atom. The average molecular weight is 287 g/mol. The lowest BCUT2D eigenvalue weighted by Crippen LogP contribution is -2.10. The van der Waals surface area contributed by atoms with Gasteiger partial charge in [-0.1, -0.05) is 6.08 Å². The number of fused-ring (bicyclic) bond motifs is 1. The summed E-state index contributed by atoms with van der Waals surface area (Å²) in [6, 6.07) is 6.56. The lowest BCUT2D eigenvalue weighted by molar-refractivity contribution is -0.383. The Hall–Kier alpha value is -2.47. The number of aromatic nitrogens is 1. The van der Waals surface area contributed by atoms with E-state index >= 15 is 0 Å². The summed E-state index contributed by atoms with van der Waals surface area (Å²) in [5.74, 6) is 0. The predicted molar refractivity (Wildman–Crippen MR) is 82.5 cm³/mol. The highest BCUT2D eigenvalue weighted by Crippen LogP contribution is 2.29. The number of benzene rings is 1. The molecule has 0 fully saturated rings. The van der Waals surface area contributed by atoms with Crippen LogP contribution in [0.25, 0.3) is 10.9 Å². The highest BCUT2D eigenvalue weighted by Gasteiger charge is 2.14. The molecular weight excluding hydrogens is 270 g/mol. The summed E-state index contributed by atoms with van der Waals surface area (Å²) in [7, 11) is 0. The molecule has 0 aliphatic carbocycles. The van der Waals surface area contributed by atoms with Gasteiger partial charge in [-0.25, -0.2) is 0 Å². The number of non-ortho nitro benzene ring substituents is 1. The van der Waals surface area contributed by atoms with Crippen LogP contribution in [0, 0.1) is 10.1 Å². The maximum Gasteiger partial charge on any atom is 0.278 e. The number of nitro benzene ring substituents is 1. The van der Waals surface area contributed by atoms with E-state index in [0.29, 0.717) is 30.7 Å². The first-order valence-corrected chi connectivity index (χ1v) is 6.68. The zero-order chi connectivity index (χ0) is 15.1. The van der Waals surface area contributed by atoms with E-state index in [-0.39, 0.29) is 5.69 Å². The molecule has 0 spiro atoms. The Labute approximate surface area is 122 Å². The molecule has 0 saturated carbocycles. The molecule has 0 atom stereocenters. The smallest absolute Gasteiger partial charge is 0.278 e. The van der Waals surface area contributed by atoms with Crippen molar-refractivity contribution in [2.45, 2.75) is 6.42 Å². The van der Waals surface area contributed by atoms with E-state index in [4.69, 9.17) is 4.74 Å². The lowest BCUT2D eigenvalue weighted by Gasteiger charge is -2.09. The van der Waals surface area contributed by atoms with Gasteiger partial charge in [0, 0.05) is 18.8 Å². The third kappa shape index (κ3) is 3.76. The summed E-state index contributed by atoms with van der Waals surface area (Å²) in [5.41, 5.74) is 1.42. The molecule has 6 heteroatoms. The molecular formula is C15H17N3O3. The van der Waals surface area contributed by atoms with Crippen molar-refractivity contribution in [1.29, 1.82) is 0 Å². The number of pyridine rings is 1. The second kappa shape index (κ2) is 7.35. The molecule has 21 heavy (non-hydrogen) atoms. The molecule has 0 amide bonds. The summed E-state index contributed by atoms with van der Waals surface area (Å²) in [5, 5.41) is 14.7. The molecule has 0 aliphatic rings. The second-order valence-electron chi connectivity index (χ2n) is 4.41. The SMILES string of the molecule is C=CCCOCCNc1ccc([N+](=O)[O-])c2cccnc12. The first-order chi connectivity index (χ1) is 10.2. The Kier molecular flexibility index (Phi) is 5.22. The molecule has 110 valence electrons. The van der Waals surface area contributed by atoms with Gasteiger partial charge in [0.15, 0.2) is 0 Å². The Bertz CT molecular complexity index is 643. The van der Waals surface area contributed by atoms with Crippen LogP contribution in [-0.2, 0) is 4.74 Å². The zero-order valence-corrected chi connectivity index (χ0v) is 11.6. The minimum Gasteiger partial charge on any atom is -0.381 e. The molecule has 0 bridgehead atoms. The van der Waals surface area contributed by atoms with Crippen molar-refractivity contribution in [2.75, 3.05) is 25.1 Å². The molecule has 1 aromatic heterocycles. The van der Waals surface area contributed by atoms with Crippen molar-refractivity contribution in [1.82, 2.24) is 4.98 Å². The molecule has 0 unspecified atom stereocenters. The summed E-state index contributed by atoms with van der Waals surface area (Å²) in [6.07, 6.45) is 4.25. The Balaban J connectivity index is 2.09. The third-order valence-corrected chi connectivity index (χ3v) is 2.97. The minimum absolute atomic E-state index is 0.0610. The van der Waals surface area contributed by atoms with Crippen molar-refractivity contribution < 1.29 is 9.66 Å². The number of ether oxygens (including phenoxy) is 1. The number of hydrogen-bond donors (Lipinski definition) is 1. The van der Waals surface area contributed by atoms with Crippen LogP contribution in [0.3, 0.4) is 0 Å². The highest BCUT2D eigenvalue weighted by atomic mass is 16.6. The maximum absolute atomic E-state index is 11.0. The summed E-state index contributed by atoms with van der Waals surface area (Å²) in [6.45, 7) is 5.43. The van der Waals surface area contributed by atoms with Crippen LogP contribution in [-0.4, -0.2) is 29.7 Å². The molecule has 1 aromatic carbocycles. The predicted octanol–water partition coefficient (Wildman–Crippen LogP) is 3.15. The fraction of sp³-hybridized carbons (Fsp3) is 0.267. The third-order valence-electron chi connectivity index (χ3n) is 2.97. The fourth-order valence-electron chi connectivity index (χ4n) is 1.99. The summed E-state index contributed by atoms with van der Waals surface area (Å²) >= 11 is 0. The summed E-state index contributed by atoms with van der Waals surface area (Å²) < 4.78 is 5.41. The van der Waals surface area contributed by atoms with Gasteiger partial charge in [-0.05, 0) is 24.6 Å². The first-order valence-electron chi connectivity index (χ1n) is 6.68. The quantitative estimate of drug-likeness (QED) is 0.349. The van der Waals surface area contributed by atoms with E-state index in [9.17, 15) is 10.1 Å². The molecule has 2 rings (SSSR count). The van der Waals surface area contributed by atoms with Gasteiger partial charge in [-0.15, -0.1) is 6.58 Å². The number of nitrogens with one attached hydrogen (secondary N) is 1. The van der Waals surface area contributed by atoms with E-state index in [2.05, 4.69) is 16.9 Å². The average Bonchev–Trinajstić information content (AvgIpc) is 2.50. The van der Waals surface area contributed by atoms with Gasteiger partial charge in [0.25, 0.3) is 5.69 Å². The van der Waals surface area contributed by atoms with Gasteiger partial charge in [0.05, 0.1) is 29.2 Å². The molecule has 0 aliphatic heterocycles.